The molecule has 2 atom stereocenters. The quantitative estimate of drug-likeness (QED) is 0.854. The summed E-state index contributed by atoms with van der Waals surface area (Å²) in [6.45, 7) is 5.82. The highest BCUT2D eigenvalue weighted by atomic mass is 19.1. The van der Waals surface area contributed by atoms with Crippen molar-refractivity contribution in [2.24, 2.45) is 0 Å². The second kappa shape index (κ2) is 5.36. The Kier molecular flexibility index (Phi) is 3.94. The number of β-amino-alcohol motifs (C(OH)–C–C–N with tert-alkyl or cyclic N) is 1. The number of aromatic nitrogens is 1. The van der Waals surface area contributed by atoms with Crippen molar-refractivity contribution in [2.45, 2.75) is 38.4 Å². The molecule has 1 aromatic heterocycles. The Hall–Kier alpha value is -1.69. The van der Waals surface area contributed by atoms with Gasteiger partial charge in [-0.1, -0.05) is 0 Å². The summed E-state index contributed by atoms with van der Waals surface area (Å²) in [5.41, 5.74) is 0.00382. The molecule has 2 unspecified atom stereocenters. The number of aliphatic hydroxyl groups excluding tert-OH is 1. The maximum atomic E-state index is 13.2. The molecular formula is C14H19FN2O3. The largest absolute Gasteiger partial charge is 0.444 e. The number of carbonyl (C=O) groups excluding carboxylic acids is 1. The minimum absolute atomic E-state index is 0.177. The summed E-state index contributed by atoms with van der Waals surface area (Å²) in [7, 11) is 0. The lowest BCUT2D eigenvalue weighted by Gasteiger charge is -2.24. The zero-order valence-electron chi connectivity index (χ0n) is 11.8. The van der Waals surface area contributed by atoms with Crippen LogP contribution in [0.4, 0.5) is 9.18 Å². The number of amides is 1. The average molecular weight is 282 g/mol. The van der Waals surface area contributed by atoms with Gasteiger partial charge < -0.3 is 14.7 Å². The number of hydrogen-bond acceptors (Lipinski definition) is 4. The first-order valence-electron chi connectivity index (χ1n) is 6.53. The fourth-order valence-corrected chi connectivity index (χ4v) is 2.22. The van der Waals surface area contributed by atoms with Crippen molar-refractivity contribution in [2.75, 3.05) is 13.1 Å². The van der Waals surface area contributed by atoms with E-state index in [1.807, 2.05) is 0 Å². The summed E-state index contributed by atoms with van der Waals surface area (Å²) in [6.07, 6.45) is 1.40. The van der Waals surface area contributed by atoms with E-state index in [9.17, 15) is 14.3 Å². The Balaban J connectivity index is 2.07. The molecule has 1 fully saturated rings. The van der Waals surface area contributed by atoms with Gasteiger partial charge in [-0.15, -0.1) is 0 Å². The molecule has 0 aliphatic carbocycles. The van der Waals surface area contributed by atoms with Crippen LogP contribution in [0, 0.1) is 5.82 Å². The Bertz CT molecular complexity index is 501. The lowest BCUT2D eigenvalue weighted by atomic mass is 9.98. The lowest BCUT2D eigenvalue weighted by molar-refractivity contribution is 0.0270. The van der Waals surface area contributed by atoms with E-state index < -0.39 is 23.6 Å². The number of ether oxygens (including phenoxy) is 1. The molecule has 0 saturated carbocycles. The predicted octanol–water partition coefficient (Wildman–Crippen LogP) is 1.92. The molecule has 0 aromatic carbocycles. The molecule has 6 heteroatoms. The molecule has 1 saturated heterocycles. The van der Waals surface area contributed by atoms with Crippen molar-refractivity contribution in [3.05, 3.63) is 29.8 Å². The average Bonchev–Trinajstić information content (AvgIpc) is 2.69. The number of likely N-dealkylation sites (tertiary alicyclic amines) is 1. The van der Waals surface area contributed by atoms with E-state index in [1.165, 1.54) is 17.2 Å². The summed E-state index contributed by atoms with van der Waals surface area (Å²) in [4.78, 5) is 17.2. The molecule has 0 bridgehead atoms. The van der Waals surface area contributed by atoms with Gasteiger partial charge in [0.05, 0.1) is 18.8 Å². The Morgan fingerprint density at radius 1 is 1.45 bits per heavy atom. The summed E-state index contributed by atoms with van der Waals surface area (Å²) in [5.74, 6) is -0.795. The highest BCUT2D eigenvalue weighted by Crippen LogP contribution is 2.28. The zero-order chi connectivity index (χ0) is 14.9. The second-order valence-corrected chi connectivity index (χ2v) is 6.00. The zero-order valence-corrected chi connectivity index (χ0v) is 11.8. The van der Waals surface area contributed by atoms with Crippen molar-refractivity contribution in [1.29, 1.82) is 0 Å². The molecular weight excluding hydrogens is 263 g/mol. The highest BCUT2D eigenvalue weighted by Gasteiger charge is 2.37. The van der Waals surface area contributed by atoms with Crippen LogP contribution in [0.2, 0.25) is 0 Å². The van der Waals surface area contributed by atoms with E-state index in [4.69, 9.17) is 4.74 Å². The second-order valence-electron chi connectivity index (χ2n) is 6.00. The minimum atomic E-state index is -0.744. The molecule has 1 aliphatic heterocycles. The number of carbonyl (C=O) groups is 1. The summed E-state index contributed by atoms with van der Waals surface area (Å²) < 4.78 is 18.4. The highest BCUT2D eigenvalue weighted by molar-refractivity contribution is 5.68. The number of aliphatic hydroxyl groups is 1. The molecule has 5 nitrogen and oxygen atoms in total. The van der Waals surface area contributed by atoms with E-state index in [0.29, 0.717) is 12.1 Å². The fourth-order valence-electron chi connectivity index (χ4n) is 2.22. The molecule has 1 aromatic rings. The van der Waals surface area contributed by atoms with Crippen molar-refractivity contribution in [1.82, 2.24) is 9.88 Å². The Morgan fingerprint density at radius 2 is 2.15 bits per heavy atom. The van der Waals surface area contributed by atoms with E-state index in [1.54, 1.807) is 20.8 Å². The van der Waals surface area contributed by atoms with Gasteiger partial charge in [0.1, 0.15) is 11.4 Å². The molecule has 1 amide bonds. The lowest BCUT2D eigenvalue weighted by Crippen LogP contribution is -2.35. The topological polar surface area (TPSA) is 62.7 Å². The monoisotopic (exact) mass is 282 g/mol. The smallest absolute Gasteiger partial charge is 0.410 e. The van der Waals surface area contributed by atoms with Crippen LogP contribution in [0.3, 0.4) is 0 Å². The van der Waals surface area contributed by atoms with Crippen LogP contribution in [0.25, 0.3) is 0 Å². The maximum Gasteiger partial charge on any atom is 0.410 e. The first kappa shape index (κ1) is 14.7. The van der Waals surface area contributed by atoms with Crippen molar-refractivity contribution in [3.8, 4) is 0 Å². The van der Waals surface area contributed by atoms with Gasteiger partial charge in [-0.05, 0) is 32.4 Å². The third-order valence-corrected chi connectivity index (χ3v) is 3.09. The molecule has 2 rings (SSSR count). The van der Waals surface area contributed by atoms with Gasteiger partial charge in [0.2, 0.25) is 0 Å². The number of pyridine rings is 1. The van der Waals surface area contributed by atoms with E-state index in [0.717, 1.165) is 6.20 Å². The van der Waals surface area contributed by atoms with E-state index in [-0.39, 0.29) is 12.5 Å². The Labute approximate surface area is 117 Å². The van der Waals surface area contributed by atoms with Crippen molar-refractivity contribution in [3.63, 3.8) is 0 Å². The van der Waals surface area contributed by atoms with Crippen LogP contribution in [-0.2, 0) is 4.74 Å². The van der Waals surface area contributed by atoms with Gasteiger partial charge in [0, 0.05) is 18.7 Å². The first-order chi connectivity index (χ1) is 9.26. The van der Waals surface area contributed by atoms with Gasteiger partial charge in [0.25, 0.3) is 0 Å². The fraction of sp³-hybridized carbons (Fsp3) is 0.571. The van der Waals surface area contributed by atoms with Crippen LogP contribution in [0.15, 0.2) is 18.5 Å². The van der Waals surface area contributed by atoms with E-state index in [2.05, 4.69) is 4.98 Å². The van der Waals surface area contributed by atoms with Crippen LogP contribution in [-0.4, -0.2) is 45.9 Å². The maximum absolute atomic E-state index is 13.2. The summed E-state index contributed by atoms with van der Waals surface area (Å²) >= 11 is 0. The van der Waals surface area contributed by atoms with Crippen LogP contribution in [0.1, 0.15) is 32.3 Å². The van der Waals surface area contributed by atoms with Gasteiger partial charge in [-0.3, -0.25) is 4.98 Å². The van der Waals surface area contributed by atoms with Crippen molar-refractivity contribution < 1.29 is 19.0 Å². The van der Waals surface area contributed by atoms with Gasteiger partial charge in [-0.2, -0.15) is 0 Å². The van der Waals surface area contributed by atoms with Gasteiger partial charge in [0.15, 0.2) is 0 Å². The number of nitrogens with zero attached hydrogens (tertiary/aromatic N) is 2. The van der Waals surface area contributed by atoms with Crippen LogP contribution >= 0.6 is 0 Å². The van der Waals surface area contributed by atoms with E-state index >= 15 is 0 Å². The first-order valence-corrected chi connectivity index (χ1v) is 6.53. The summed E-state index contributed by atoms with van der Waals surface area (Å²) in [6, 6.07) is 1.33. The minimum Gasteiger partial charge on any atom is -0.444 e. The molecule has 0 radical (unpaired) electrons. The third-order valence-electron chi connectivity index (χ3n) is 3.09. The SMILES string of the molecule is CC(C)(C)OC(=O)N1CC(O)C(c2cncc(F)c2)C1. The molecule has 1 aliphatic rings. The molecule has 2 heterocycles. The van der Waals surface area contributed by atoms with Crippen LogP contribution < -0.4 is 0 Å². The molecule has 1 N–H and O–H groups in total. The van der Waals surface area contributed by atoms with Crippen LogP contribution in [0.5, 0.6) is 0 Å². The molecule has 110 valence electrons. The molecule has 0 spiro atoms. The number of halogens is 1. The van der Waals surface area contributed by atoms with Gasteiger partial charge >= 0.3 is 6.09 Å². The molecule has 20 heavy (non-hydrogen) atoms. The standard InChI is InChI=1S/C14H19FN2O3/c1-14(2,3)20-13(19)17-7-11(12(18)8-17)9-4-10(15)6-16-5-9/h4-6,11-12,18H,7-8H2,1-3H3. The third kappa shape index (κ3) is 3.45. The van der Waals surface area contributed by atoms with Crippen molar-refractivity contribution >= 4 is 6.09 Å². The predicted molar refractivity (Wildman–Crippen MR) is 70.7 cm³/mol. The summed E-state index contributed by atoms with van der Waals surface area (Å²) in [5, 5.41) is 10.1. The number of hydrogen-bond donors (Lipinski definition) is 1. The number of rotatable bonds is 1. The van der Waals surface area contributed by atoms with Gasteiger partial charge in [-0.25, -0.2) is 9.18 Å². The normalized spacial score (nSPS) is 22.9. The Morgan fingerprint density at radius 3 is 2.75 bits per heavy atom.